The van der Waals surface area contributed by atoms with Gasteiger partial charge in [-0.05, 0) is 0 Å². The molecule has 19 heavy (non-hydrogen) atoms. The molecular weight excluding hydrogens is 278 g/mol. The number of aromatic nitrogens is 3. The van der Waals surface area contributed by atoms with Crippen LogP contribution < -0.4 is 10.0 Å². The number of carboxylic acids is 1. The van der Waals surface area contributed by atoms with Gasteiger partial charge in [0.05, 0.1) is 0 Å². The van der Waals surface area contributed by atoms with Crippen molar-refractivity contribution >= 4 is 27.8 Å². The van der Waals surface area contributed by atoms with Crippen molar-refractivity contribution < 1.29 is 23.1 Å². The van der Waals surface area contributed by atoms with Crippen LogP contribution in [0.4, 0.5) is 5.95 Å². The number of anilines is 1. The third-order valence-corrected chi connectivity index (χ3v) is 3.88. The van der Waals surface area contributed by atoms with Gasteiger partial charge in [0, 0.05) is 13.0 Å². The summed E-state index contributed by atoms with van der Waals surface area (Å²) in [4.78, 5) is 27.0. The number of hydrogen-bond donors (Lipinski definition) is 3. The lowest BCUT2D eigenvalue weighted by atomic mass is 10.4. The molecule has 1 fully saturated rings. The molecule has 1 saturated heterocycles. The molecule has 0 aromatic carbocycles. The summed E-state index contributed by atoms with van der Waals surface area (Å²) in [5.41, 5.74) is 0. The number of carboxylic acid groups (broad SMARTS) is 1. The van der Waals surface area contributed by atoms with E-state index >= 15 is 0 Å². The number of carbonyl (C=O) groups excluding carboxylic acids is 1. The van der Waals surface area contributed by atoms with E-state index in [-0.39, 0.29) is 31.2 Å². The number of nitrogens with one attached hydrogen (secondary N) is 1. The zero-order chi connectivity index (χ0) is 14.2. The van der Waals surface area contributed by atoms with Crippen LogP contribution in [0.3, 0.4) is 0 Å². The van der Waals surface area contributed by atoms with Crippen molar-refractivity contribution in [1.29, 1.82) is 0 Å². The SMILES string of the molecule is NS(=O)(=O)C1CC(=O)N(c2n[nH]c(CC(=O)O)n2)C1. The molecule has 2 heterocycles. The number of aromatic amines is 1. The van der Waals surface area contributed by atoms with Crippen LogP contribution in [0.25, 0.3) is 0 Å². The van der Waals surface area contributed by atoms with E-state index in [0.29, 0.717) is 0 Å². The average Bonchev–Trinajstić information content (AvgIpc) is 2.82. The molecule has 1 unspecified atom stereocenters. The highest BCUT2D eigenvalue weighted by atomic mass is 32.2. The number of primary sulfonamides is 1. The van der Waals surface area contributed by atoms with Crippen molar-refractivity contribution in [2.45, 2.75) is 18.1 Å². The normalized spacial score (nSPS) is 19.9. The summed E-state index contributed by atoms with van der Waals surface area (Å²) in [6.45, 7) is -0.137. The Morgan fingerprint density at radius 3 is 2.79 bits per heavy atom. The number of amides is 1. The molecule has 11 heteroatoms. The zero-order valence-corrected chi connectivity index (χ0v) is 10.4. The summed E-state index contributed by atoms with van der Waals surface area (Å²) in [5.74, 6) is -1.54. The lowest BCUT2D eigenvalue weighted by Gasteiger charge is -2.10. The van der Waals surface area contributed by atoms with Crippen LogP contribution in [-0.4, -0.2) is 52.4 Å². The van der Waals surface area contributed by atoms with Gasteiger partial charge in [0.25, 0.3) is 5.95 Å². The van der Waals surface area contributed by atoms with Gasteiger partial charge >= 0.3 is 5.97 Å². The van der Waals surface area contributed by atoms with Crippen LogP contribution in [0.5, 0.6) is 0 Å². The molecule has 0 saturated carbocycles. The minimum Gasteiger partial charge on any atom is -0.481 e. The number of sulfonamides is 1. The molecule has 1 aromatic rings. The summed E-state index contributed by atoms with van der Waals surface area (Å²) < 4.78 is 22.4. The number of nitrogens with zero attached hydrogens (tertiary/aromatic N) is 3. The van der Waals surface area contributed by atoms with Crippen LogP contribution in [0.15, 0.2) is 0 Å². The molecule has 0 spiro atoms. The Morgan fingerprint density at radius 1 is 1.58 bits per heavy atom. The monoisotopic (exact) mass is 289 g/mol. The predicted molar refractivity (Wildman–Crippen MR) is 61.6 cm³/mol. The molecular formula is C8H11N5O5S. The average molecular weight is 289 g/mol. The van der Waals surface area contributed by atoms with E-state index < -0.39 is 27.1 Å². The topological polar surface area (TPSA) is 159 Å². The van der Waals surface area contributed by atoms with E-state index in [0.717, 1.165) is 4.90 Å². The van der Waals surface area contributed by atoms with Gasteiger partial charge in [-0.25, -0.2) is 13.6 Å². The minimum atomic E-state index is -3.81. The van der Waals surface area contributed by atoms with Crippen molar-refractivity contribution in [3.63, 3.8) is 0 Å². The molecule has 1 amide bonds. The first-order chi connectivity index (χ1) is 8.77. The molecule has 1 aliphatic rings. The van der Waals surface area contributed by atoms with Crippen molar-refractivity contribution in [3.05, 3.63) is 5.82 Å². The summed E-state index contributed by atoms with van der Waals surface area (Å²) in [6.07, 6.45) is -0.602. The van der Waals surface area contributed by atoms with Crippen LogP contribution >= 0.6 is 0 Å². The standard InChI is InChI=1S/C8H11N5O5S/c9-19(17,18)4-1-6(14)13(3-4)8-10-5(11-12-8)2-7(15)16/h4H,1-3H2,(H,15,16)(H2,9,17,18)(H,10,11,12). The van der Waals surface area contributed by atoms with E-state index in [1.54, 1.807) is 0 Å². The van der Waals surface area contributed by atoms with Gasteiger partial charge in [-0.3, -0.25) is 19.6 Å². The molecule has 1 aliphatic heterocycles. The summed E-state index contributed by atoms with van der Waals surface area (Å²) in [7, 11) is -3.81. The fourth-order valence-corrected chi connectivity index (χ4v) is 2.45. The second kappa shape index (κ2) is 4.59. The first-order valence-electron chi connectivity index (χ1n) is 5.22. The second-order valence-corrected chi connectivity index (χ2v) is 5.92. The van der Waals surface area contributed by atoms with Crippen LogP contribution in [0.2, 0.25) is 0 Å². The van der Waals surface area contributed by atoms with E-state index in [4.69, 9.17) is 10.2 Å². The Kier molecular flexibility index (Phi) is 3.24. The van der Waals surface area contributed by atoms with Gasteiger partial charge in [-0.2, -0.15) is 4.98 Å². The number of aliphatic carboxylic acids is 1. The summed E-state index contributed by atoms with van der Waals surface area (Å²) >= 11 is 0. The molecule has 2 rings (SSSR count). The quantitative estimate of drug-likeness (QED) is 0.568. The number of carbonyl (C=O) groups is 2. The number of nitrogens with two attached hydrogens (primary N) is 1. The maximum Gasteiger partial charge on any atom is 0.311 e. The van der Waals surface area contributed by atoms with Gasteiger partial charge in [0.15, 0.2) is 0 Å². The fourth-order valence-electron chi connectivity index (χ4n) is 1.72. The zero-order valence-electron chi connectivity index (χ0n) is 9.61. The van der Waals surface area contributed by atoms with Gasteiger partial charge in [0.2, 0.25) is 15.9 Å². The van der Waals surface area contributed by atoms with E-state index in [1.807, 2.05) is 0 Å². The lowest BCUT2D eigenvalue weighted by molar-refractivity contribution is -0.136. The molecule has 1 atom stereocenters. The first-order valence-corrected chi connectivity index (χ1v) is 6.83. The van der Waals surface area contributed by atoms with Crippen LogP contribution in [0.1, 0.15) is 12.2 Å². The number of hydrogen-bond acceptors (Lipinski definition) is 6. The van der Waals surface area contributed by atoms with Crippen molar-refractivity contribution in [2.24, 2.45) is 5.14 Å². The Morgan fingerprint density at radius 2 is 2.26 bits per heavy atom. The molecule has 1 aromatic heterocycles. The molecule has 0 bridgehead atoms. The highest BCUT2D eigenvalue weighted by Gasteiger charge is 2.38. The minimum absolute atomic E-state index is 0.0487. The third-order valence-electron chi connectivity index (χ3n) is 2.63. The van der Waals surface area contributed by atoms with E-state index in [2.05, 4.69) is 15.2 Å². The molecule has 104 valence electrons. The molecule has 0 radical (unpaired) electrons. The maximum absolute atomic E-state index is 11.7. The largest absolute Gasteiger partial charge is 0.481 e. The summed E-state index contributed by atoms with van der Waals surface area (Å²) in [6, 6.07) is 0. The highest BCUT2D eigenvalue weighted by molar-refractivity contribution is 7.89. The predicted octanol–water partition coefficient (Wildman–Crippen LogP) is -2.17. The van der Waals surface area contributed by atoms with Crippen molar-refractivity contribution in [1.82, 2.24) is 15.2 Å². The summed E-state index contributed by atoms with van der Waals surface area (Å²) in [5, 5.41) is 18.6. The van der Waals surface area contributed by atoms with Gasteiger partial charge in [0.1, 0.15) is 17.5 Å². The number of H-pyrrole nitrogens is 1. The Labute approximate surface area is 107 Å². The smallest absolute Gasteiger partial charge is 0.311 e. The van der Waals surface area contributed by atoms with Crippen LogP contribution in [-0.2, 0) is 26.0 Å². The number of rotatable bonds is 4. The van der Waals surface area contributed by atoms with Crippen molar-refractivity contribution in [2.75, 3.05) is 11.4 Å². The van der Waals surface area contributed by atoms with Crippen LogP contribution in [0, 0.1) is 0 Å². The van der Waals surface area contributed by atoms with Crippen molar-refractivity contribution in [3.8, 4) is 0 Å². The van der Waals surface area contributed by atoms with Gasteiger partial charge in [-0.15, -0.1) is 5.10 Å². The Balaban J connectivity index is 2.17. The van der Waals surface area contributed by atoms with E-state index in [1.165, 1.54) is 0 Å². The third kappa shape index (κ3) is 2.88. The molecule has 10 nitrogen and oxygen atoms in total. The second-order valence-electron chi connectivity index (χ2n) is 4.07. The first kappa shape index (κ1) is 13.4. The van der Waals surface area contributed by atoms with Gasteiger partial charge < -0.3 is 5.11 Å². The Bertz CT molecular complexity index is 623. The fraction of sp³-hybridized carbons (Fsp3) is 0.500. The Hall–Kier alpha value is -2.01. The van der Waals surface area contributed by atoms with E-state index in [9.17, 15) is 18.0 Å². The molecule has 0 aliphatic carbocycles. The van der Waals surface area contributed by atoms with Gasteiger partial charge in [-0.1, -0.05) is 0 Å². The molecule has 4 N–H and O–H groups in total. The maximum atomic E-state index is 11.7. The lowest BCUT2D eigenvalue weighted by Crippen LogP contribution is -2.32. The highest BCUT2D eigenvalue weighted by Crippen LogP contribution is 2.20.